The molecule has 138 valence electrons. The zero-order valence-electron chi connectivity index (χ0n) is 15.9. The van der Waals surface area contributed by atoms with Crippen molar-refractivity contribution in [3.63, 3.8) is 0 Å². The Hall–Kier alpha value is -2.24. The highest BCUT2D eigenvalue weighted by atomic mass is 16.2. The van der Waals surface area contributed by atoms with Crippen LogP contribution < -0.4 is 0 Å². The Morgan fingerprint density at radius 1 is 1.38 bits per heavy atom. The Morgan fingerprint density at radius 2 is 2.19 bits per heavy atom. The number of hydrogen-bond acceptors (Lipinski definition) is 4. The van der Waals surface area contributed by atoms with Crippen LogP contribution in [0.1, 0.15) is 60.9 Å². The molecular formula is C20H27N5O. The van der Waals surface area contributed by atoms with Crippen molar-refractivity contribution in [2.75, 3.05) is 13.1 Å². The summed E-state index contributed by atoms with van der Waals surface area (Å²) in [5.74, 6) is 1.90. The Bertz CT molecular complexity index is 808. The average molecular weight is 353 g/mol. The van der Waals surface area contributed by atoms with E-state index in [1.165, 1.54) is 6.42 Å². The smallest absolute Gasteiger partial charge is 0.272 e. The average Bonchev–Trinajstić information content (AvgIpc) is 3.17. The van der Waals surface area contributed by atoms with Crippen LogP contribution in [0.3, 0.4) is 0 Å². The van der Waals surface area contributed by atoms with Crippen LogP contribution in [-0.2, 0) is 6.54 Å². The molecule has 0 radical (unpaired) electrons. The lowest BCUT2D eigenvalue weighted by atomic mass is 9.62. The van der Waals surface area contributed by atoms with E-state index in [0.717, 1.165) is 37.3 Å². The molecule has 2 aromatic heterocycles. The van der Waals surface area contributed by atoms with E-state index >= 15 is 0 Å². The van der Waals surface area contributed by atoms with Crippen molar-refractivity contribution in [1.29, 1.82) is 0 Å². The third kappa shape index (κ3) is 2.81. The summed E-state index contributed by atoms with van der Waals surface area (Å²) in [5.41, 5.74) is 1.68. The predicted octanol–water partition coefficient (Wildman–Crippen LogP) is 3.05. The van der Waals surface area contributed by atoms with Crippen LogP contribution in [0.2, 0.25) is 0 Å². The molecule has 1 unspecified atom stereocenters. The molecule has 1 atom stereocenters. The minimum atomic E-state index is 0.0480. The number of likely N-dealkylation sites (tertiary alicyclic amines) is 1. The molecule has 4 rings (SSSR count). The Morgan fingerprint density at radius 3 is 2.85 bits per heavy atom. The second-order valence-corrected chi connectivity index (χ2v) is 8.36. The first kappa shape index (κ1) is 17.2. The van der Waals surface area contributed by atoms with Crippen LogP contribution >= 0.6 is 0 Å². The summed E-state index contributed by atoms with van der Waals surface area (Å²) in [6.07, 6.45) is 7.11. The van der Waals surface area contributed by atoms with E-state index in [9.17, 15) is 4.79 Å². The number of pyridine rings is 1. The number of nitrogens with zero attached hydrogens (tertiary/aromatic N) is 5. The second-order valence-electron chi connectivity index (χ2n) is 8.36. The Balaban J connectivity index is 1.62. The van der Waals surface area contributed by atoms with Crippen molar-refractivity contribution in [2.24, 2.45) is 11.3 Å². The molecule has 1 saturated carbocycles. The molecule has 1 aliphatic heterocycles. The summed E-state index contributed by atoms with van der Waals surface area (Å²) >= 11 is 0. The molecule has 1 amide bonds. The van der Waals surface area contributed by atoms with Crippen molar-refractivity contribution in [3.05, 3.63) is 41.7 Å². The van der Waals surface area contributed by atoms with Crippen molar-refractivity contribution in [1.82, 2.24) is 24.6 Å². The van der Waals surface area contributed by atoms with Gasteiger partial charge in [-0.05, 0) is 42.7 Å². The maximum absolute atomic E-state index is 13.1. The molecule has 6 heteroatoms. The standard InChI is InChI=1S/C20H27N5O/c1-14(2)10-25-13-22-23-18(25)16-11-24(12-20(16)7-5-8-20)19(26)17-15(3)6-4-9-21-17/h4,6,9,13-14,16H,5,7-8,10-12H2,1-3H3. The molecule has 0 N–H and O–H groups in total. The van der Waals surface area contributed by atoms with E-state index in [1.54, 1.807) is 6.20 Å². The summed E-state index contributed by atoms with van der Waals surface area (Å²) in [4.78, 5) is 19.4. The van der Waals surface area contributed by atoms with E-state index in [2.05, 4.69) is 33.6 Å². The molecule has 6 nitrogen and oxygen atoms in total. The van der Waals surface area contributed by atoms with Crippen LogP contribution in [0.4, 0.5) is 0 Å². The van der Waals surface area contributed by atoms with Crippen LogP contribution in [0.5, 0.6) is 0 Å². The van der Waals surface area contributed by atoms with Gasteiger partial charge in [-0.15, -0.1) is 10.2 Å². The van der Waals surface area contributed by atoms with E-state index in [0.29, 0.717) is 18.2 Å². The number of rotatable bonds is 4. The van der Waals surface area contributed by atoms with Gasteiger partial charge in [-0.25, -0.2) is 0 Å². The molecular weight excluding hydrogens is 326 g/mol. The third-order valence-corrected chi connectivity index (χ3v) is 6.02. The number of amides is 1. The van der Waals surface area contributed by atoms with Gasteiger partial charge in [0.05, 0.1) is 0 Å². The summed E-state index contributed by atoms with van der Waals surface area (Å²) in [6.45, 7) is 8.80. The SMILES string of the molecule is Cc1cccnc1C(=O)N1CC(c2nncn2CC(C)C)C2(CCC2)C1. The molecule has 0 bridgehead atoms. The number of hydrogen-bond donors (Lipinski definition) is 0. The highest BCUT2D eigenvalue weighted by molar-refractivity contribution is 5.94. The zero-order valence-corrected chi connectivity index (χ0v) is 15.9. The number of aromatic nitrogens is 4. The van der Waals surface area contributed by atoms with Gasteiger partial charge in [0.1, 0.15) is 17.8 Å². The third-order valence-electron chi connectivity index (χ3n) is 6.02. The van der Waals surface area contributed by atoms with Gasteiger partial charge in [-0.3, -0.25) is 9.78 Å². The molecule has 26 heavy (non-hydrogen) atoms. The minimum Gasteiger partial charge on any atom is -0.336 e. The number of aryl methyl sites for hydroxylation is 1. The molecule has 2 aliphatic rings. The fourth-order valence-corrected chi connectivity index (χ4v) is 4.54. The molecule has 1 saturated heterocycles. The van der Waals surface area contributed by atoms with E-state index in [4.69, 9.17) is 0 Å². The first-order chi connectivity index (χ1) is 12.5. The van der Waals surface area contributed by atoms with Gasteiger partial charge in [0.25, 0.3) is 5.91 Å². The minimum absolute atomic E-state index is 0.0480. The molecule has 1 aliphatic carbocycles. The Labute approximate surface area is 154 Å². The van der Waals surface area contributed by atoms with Gasteiger partial charge < -0.3 is 9.47 Å². The molecule has 3 heterocycles. The highest BCUT2D eigenvalue weighted by Gasteiger charge is 2.53. The van der Waals surface area contributed by atoms with Gasteiger partial charge in [-0.1, -0.05) is 26.3 Å². The van der Waals surface area contributed by atoms with Crippen LogP contribution in [0, 0.1) is 18.3 Å². The fraction of sp³-hybridized carbons (Fsp3) is 0.600. The van der Waals surface area contributed by atoms with Gasteiger partial charge in [0.2, 0.25) is 0 Å². The van der Waals surface area contributed by atoms with Crippen LogP contribution in [0.25, 0.3) is 0 Å². The van der Waals surface area contributed by atoms with E-state index in [1.807, 2.05) is 30.3 Å². The van der Waals surface area contributed by atoms with Gasteiger partial charge in [0.15, 0.2) is 0 Å². The number of carbonyl (C=O) groups is 1. The summed E-state index contributed by atoms with van der Waals surface area (Å²) in [5, 5.41) is 8.66. The summed E-state index contributed by atoms with van der Waals surface area (Å²) in [7, 11) is 0. The summed E-state index contributed by atoms with van der Waals surface area (Å²) in [6, 6.07) is 3.83. The summed E-state index contributed by atoms with van der Waals surface area (Å²) < 4.78 is 2.19. The lowest BCUT2D eigenvalue weighted by Crippen LogP contribution is -2.38. The second kappa shape index (κ2) is 6.49. The van der Waals surface area contributed by atoms with Crippen molar-refractivity contribution in [3.8, 4) is 0 Å². The quantitative estimate of drug-likeness (QED) is 0.847. The lowest BCUT2D eigenvalue weighted by Gasteiger charge is -2.42. The van der Waals surface area contributed by atoms with Gasteiger partial charge in [0, 0.05) is 31.7 Å². The van der Waals surface area contributed by atoms with E-state index in [-0.39, 0.29) is 17.2 Å². The normalized spacial score (nSPS) is 21.4. The van der Waals surface area contributed by atoms with Crippen LogP contribution in [-0.4, -0.2) is 43.6 Å². The zero-order chi connectivity index (χ0) is 18.3. The van der Waals surface area contributed by atoms with Crippen molar-refractivity contribution >= 4 is 5.91 Å². The maximum atomic E-state index is 13.1. The number of carbonyl (C=O) groups excluding carboxylic acids is 1. The highest BCUT2D eigenvalue weighted by Crippen LogP contribution is 2.55. The van der Waals surface area contributed by atoms with Crippen LogP contribution in [0.15, 0.2) is 24.7 Å². The molecule has 2 aromatic rings. The van der Waals surface area contributed by atoms with Crippen molar-refractivity contribution in [2.45, 2.75) is 52.5 Å². The first-order valence-electron chi connectivity index (χ1n) is 9.59. The topological polar surface area (TPSA) is 63.9 Å². The lowest BCUT2D eigenvalue weighted by molar-refractivity contribution is 0.0717. The Kier molecular flexibility index (Phi) is 4.29. The molecule has 1 spiro atoms. The first-order valence-corrected chi connectivity index (χ1v) is 9.59. The molecule has 0 aromatic carbocycles. The van der Waals surface area contributed by atoms with E-state index < -0.39 is 0 Å². The predicted molar refractivity (Wildman–Crippen MR) is 98.8 cm³/mol. The van der Waals surface area contributed by atoms with Gasteiger partial charge >= 0.3 is 0 Å². The van der Waals surface area contributed by atoms with Gasteiger partial charge in [-0.2, -0.15) is 0 Å². The fourth-order valence-electron chi connectivity index (χ4n) is 4.54. The maximum Gasteiger partial charge on any atom is 0.272 e. The largest absolute Gasteiger partial charge is 0.336 e. The van der Waals surface area contributed by atoms with Crippen molar-refractivity contribution < 1.29 is 4.79 Å². The monoisotopic (exact) mass is 353 g/mol. The molecule has 2 fully saturated rings.